The number of halogens is 4. The highest BCUT2D eigenvalue weighted by molar-refractivity contribution is 5.86. The summed E-state index contributed by atoms with van der Waals surface area (Å²) in [5.41, 5.74) is 5.60. The summed E-state index contributed by atoms with van der Waals surface area (Å²) >= 11 is 0. The van der Waals surface area contributed by atoms with Gasteiger partial charge in [-0.25, -0.2) is 4.39 Å². The Morgan fingerprint density at radius 3 is 2.67 bits per heavy atom. The lowest BCUT2D eigenvalue weighted by molar-refractivity contribution is -0.159. The number of primary amides is 1. The highest BCUT2D eigenvalue weighted by atomic mass is 19.4. The van der Waals surface area contributed by atoms with E-state index in [0.717, 1.165) is 6.07 Å². The first-order valence-corrected chi connectivity index (χ1v) is 7.22. The molecule has 2 amide bonds. The molecule has 0 bridgehead atoms. The fourth-order valence-electron chi connectivity index (χ4n) is 2.93. The molecule has 0 radical (unpaired) electrons. The van der Waals surface area contributed by atoms with Crippen LogP contribution in [0.4, 0.5) is 17.6 Å². The monoisotopic (exact) mass is 347 g/mol. The predicted octanol–water partition coefficient (Wildman–Crippen LogP) is 1.45. The molecule has 24 heavy (non-hydrogen) atoms. The highest BCUT2D eigenvalue weighted by Gasteiger charge is 2.43. The molecule has 1 aromatic carbocycles. The van der Waals surface area contributed by atoms with Gasteiger partial charge in [-0.3, -0.25) is 14.5 Å². The number of carbonyl (C=O) groups excluding carboxylic acids is 2. The smallest absolute Gasteiger partial charge is 0.368 e. The maximum atomic E-state index is 13.4. The van der Waals surface area contributed by atoms with Crippen LogP contribution >= 0.6 is 0 Å². The van der Waals surface area contributed by atoms with Gasteiger partial charge in [0.25, 0.3) is 0 Å². The summed E-state index contributed by atoms with van der Waals surface area (Å²) in [6, 6.07) is 3.13. The van der Waals surface area contributed by atoms with Gasteiger partial charge in [-0.1, -0.05) is 12.1 Å². The largest absolute Gasteiger partial charge is 0.406 e. The van der Waals surface area contributed by atoms with Gasteiger partial charge >= 0.3 is 6.18 Å². The van der Waals surface area contributed by atoms with Crippen LogP contribution in [0.5, 0.6) is 0 Å². The molecule has 0 aromatic heterocycles. The standard InChI is InChI=1S/C15H17F4N3O2/c1-21(11-5-6-22(14(11)24)8-15(17,18)19)12(13(20)23)9-3-2-4-10(16)7-9/h2-4,7,11-12H,5-6,8H2,1H3,(H2,20,23)/t11-,12+/m0/s1. The molecule has 0 saturated carbocycles. The fourth-order valence-corrected chi connectivity index (χ4v) is 2.93. The Hall–Kier alpha value is -2.16. The molecule has 0 aliphatic carbocycles. The SMILES string of the molecule is CN([C@H]1CCN(CC(F)(F)F)C1=O)[C@@H](C(N)=O)c1cccc(F)c1. The Balaban J connectivity index is 2.21. The fraction of sp³-hybridized carbons (Fsp3) is 0.467. The Morgan fingerprint density at radius 2 is 2.12 bits per heavy atom. The Kier molecular flexibility index (Phi) is 5.12. The van der Waals surface area contributed by atoms with Crippen LogP contribution in [0.25, 0.3) is 0 Å². The average molecular weight is 347 g/mol. The van der Waals surface area contributed by atoms with Gasteiger partial charge in [-0.15, -0.1) is 0 Å². The van der Waals surface area contributed by atoms with Crippen LogP contribution in [0.2, 0.25) is 0 Å². The lowest BCUT2D eigenvalue weighted by Crippen LogP contribution is -2.46. The summed E-state index contributed by atoms with van der Waals surface area (Å²) in [4.78, 5) is 26.0. The van der Waals surface area contributed by atoms with Crippen molar-refractivity contribution in [2.45, 2.75) is 24.7 Å². The van der Waals surface area contributed by atoms with Gasteiger partial charge in [0.05, 0.1) is 6.04 Å². The van der Waals surface area contributed by atoms with Crippen molar-refractivity contribution in [1.29, 1.82) is 0 Å². The minimum absolute atomic E-state index is 0.0675. The molecule has 132 valence electrons. The van der Waals surface area contributed by atoms with E-state index in [-0.39, 0.29) is 18.5 Å². The van der Waals surface area contributed by atoms with Crippen LogP contribution in [-0.4, -0.2) is 54.0 Å². The highest BCUT2D eigenvalue weighted by Crippen LogP contribution is 2.28. The molecule has 1 heterocycles. The van der Waals surface area contributed by atoms with E-state index in [0.29, 0.717) is 4.90 Å². The molecular weight excluding hydrogens is 330 g/mol. The van der Waals surface area contributed by atoms with Crippen molar-refractivity contribution in [2.24, 2.45) is 5.73 Å². The second-order valence-electron chi connectivity index (χ2n) is 5.70. The quantitative estimate of drug-likeness (QED) is 0.820. The van der Waals surface area contributed by atoms with Gasteiger partial charge in [0.2, 0.25) is 11.8 Å². The van der Waals surface area contributed by atoms with Crippen LogP contribution in [0.3, 0.4) is 0 Å². The summed E-state index contributed by atoms with van der Waals surface area (Å²) < 4.78 is 50.8. The number of nitrogens with two attached hydrogens (primary N) is 1. The van der Waals surface area contributed by atoms with E-state index in [2.05, 4.69) is 0 Å². The van der Waals surface area contributed by atoms with Gasteiger partial charge in [0.1, 0.15) is 18.4 Å². The molecule has 1 saturated heterocycles. The number of hydrogen-bond donors (Lipinski definition) is 1. The molecule has 2 N–H and O–H groups in total. The van der Waals surface area contributed by atoms with E-state index < -0.39 is 42.4 Å². The third-order valence-electron chi connectivity index (χ3n) is 3.97. The lowest BCUT2D eigenvalue weighted by atomic mass is 10.0. The van der Waals surface area contributed by atoms with Crippen molar-refractivity contribution in [1.82, 2.24) is 9.80 Å². The molecule has 0 spiro atoms. The molecule has 1 aliphatic heterocycles. The van der Waals surface area contributed by atoms with E-state index in [1.165, 1.54) is 30.1 Å². The number of nitrogens with zero attached hydrogens (tertiary/aromatic N) is 2. The number of alkyl halides is 3. The summed E-state index contributed by atoms with van der Waals surface area (Å²) in [7, 11) is 1.42. The van der Waals surface area contributed by atoms with Crippen molar-refractivity contribution >= 4 is 11.8 Å². The van der Waals surface area contributed by atoms with E-state index in [4.69, 9.17) is 5.73 Å². The summed E-state index contributed by atoms with van der Waals surface area (Å²) in [6.07, 6.45) is -4.36. The molecule has 1 aromatic rings. The van der Waals surface area contributed by atoms with Crippen molar-refractivity contribution in [3.8, 4) is 0 Å². The average Bonchev–Trinajstić information content (AvgIpc) is 2.78. The normalized spacial score (nSPS) is 19.8. The van der Waals surface area contributed by atoms with Gasteiger partial charge in [-0.05, 0) is 31.2 Å². The third-order valence-corrected chi connectivity index (χ3v) is 3.97. The third kappa shape index (κ3) is 4.02. The van der Waals surface area contributed by atoms with E-state index in [1.807, 2.05) is 0 Å². The van der Waals surface area contributed by atoms with Gasteiger partial charge < -0.3 is 10.6 Å². The molecule has 1 fully saturated rings. The summed E-state index contributed by atoms with van der Waals surface area (Å²) in [5.74, 6) is -2.12. The topological polar surface area (TPSA) is 66.6 Å². The second kappa shape index (κ2) is 6.76. The van der Waals surface area contributed by atoms with Crippen molar-refractivity contribution in [3.63, 3.8) is 0 Å². The van der Waals surface area contributed by atoms with Crippen molar-refractivity contribution in [2.75, 3.05) is 20.1 Å². The zero-order valence-electron chi connectivity index (χ0n) is 12.9. The van der Waals surface area contributed by atoms with Gasteiger partial charge in [-0.2, -0.15) is 13.2 Å². The first-order valence-electron chi connectivity index (χ1n) is 7.22. The molecule has 1 aliphatic rings. The van der Waals surface area contributed by atoms with Crippen LogP contribution in [-0.2, 0) is 9.59 Å². The molecule has 0 unspecified atom stereocenters. The number of likely N-dealkylation sites (N-methyl/N-ethyl adjacent to an activating group) is 1. The predicted molar refractivity (Wildman–Crippen MR) is 77.1 cm³/mol. The number of benzene rings is 1. The molecule has 2 atom stereocenters. The Bertz CT molecular complexity index is 635. The van der Waals surface area contributed by atoms with Crippen LogP contribution in [0, 0.1) is 5.82 Å². The first kappa shape index (κ1) is 18.2. The van der Waals surface area contributed by atoms with E-state index in [9.17, 15) is 27.2 Å². The van der Waals surface area contributed by atoms with E-state index >= 15 is 0 Å². The van der Waals surface area contributed by atoms with E-state index in [1.54, 1.807) is 0 Å². The van der Waals surface area contributed by atoms with Crippen molar-refractivity contribution < 1.29 is 27.2 Å². The van der Waals surface area contributed by atoms with Gasteiger partial charge in [0, 0.05) is 6.54 Å². The van der Waals surface area contributed by atoms with Crippen LogP contribution in [0.15, 0.2) is 24.3 Å². The summed E-state index contributed by atoms with van der Waals surface area (Å²) in [5, 5.41) is 0. The Labute approximate surface area is 136 Å². The lowest BCUT2D eigenvalue weighted by Gasteiger charge is -2.30. The molecule has 9 heteroatoms. The number of hydrogen-bond acceptors (Lipinski definition) is 3. The minimum Gasteiger partial charge on any atom is -0.368 e. The first-order chi connectivity index (χ1) is 11.1. The zero-order chi connectivity index (χ0) is 18.1. The second-order valence-corrected chi connectivity index (χ2v) is 5.70. The zero-order valence-corrected chi connectivity index (χ0v) is 12.9. The minimum atomic E-state index is -4.49. The maximum absolute atomic E-state index is 13.4. The Morgan fingerprint density at radius 1 is 1.46 bits per heavy atom. The van der Waals surface area contributed by atoms with Crippen molar-refractivity contribution in [3.05, 3.63) is 35.6 Å². The van der Waals surface area contributed by atoms with Gasteiger partial charge in [0.15, 0.2) is 0 Å². The number of amides is 2. The number of carbonyl (C=O) groups is 2. The molecule has 5 nitrogen and oxygen atoms in total. The molecule has 2 rings (SSSR count). The molecular formula is C15H17F4N3O2. The summed E-state index contributed by atoms with van der Waals surface area (Å²) in [6.45, 7) is -1.40. The number of rotatable bonds is 5. The number of likely N-dealkylation sites (tertiary alicyclic amines) is 1. The van der Waals surface area contributed by atoms with Crippen LogP contribution < -0.4 is 5.73 Å². The maximum Gasteiger partial charge on any atom is 0.406 e. The van der Waals surface area contributed by atoms with Crippen LogP contribution in [0.1, 0.15) is 18.0 Å².